The Hall–Kier alpha value is -4.17. The molecule has 0 fully saturated rings. The molecule has 0 aliphatic heterocycles. The maximum Gasteiger partial charge on any atom is 0.341 e. The van der Waals surface area contributed by atoms with E-state index in [0.717, 1.165) is 5.56 Å². The van der Waals surface area contributed by atoms with Crippen LogP contribution in [0.2, 0.25) is 0 Å². The first-order valence-electron chi connectivity index (χ1n) is 10.5. The van der Waals surface area contributed by atoms with Gasteiger partial charge in [-0.3, -0.25) is 4.79 Å². The second-order valence-corrected chi connectivity index (χ2v) is 7.93. The molecule has 0 atom stereocenters. The van der Waals surface area contributed by atoms with Gasteiger partial charge in [-0.05, 0) is 48.9 Å². The van der Waals surface area contributed by atoms with Crippen LogP contribution in [0.4, 0.5) is 5.00 Å². The highest BCUT2D eigenvalue weighted by atomic mass is 32.1. The van der Waals surface area contributed by atoms with Gasteiger partial charge in [-0.25, -0.2) is 9.78 Å². The van der Waals surface area contributed by atoms with Gasteiger partial charge in [0.25, 0.3) is 5.91 Å². The lowest BCUT2D eigenvalue weighted by Gasteiger charge is -2.10. The Kier molecular flexibility index (Phi) is 7.19. The van der Waals surface area contributed by atoms with Crippen LogP contribution in [-0.2, 0) is 4.74 Å². The lowest BCUT2D eigenvalue weighted by molar-refractivity contribution is 0.0529. The number of amides is 1. The van der Waals surface area contributed by atoms with Gasteiger partial charge >= 0.3 is 5.97 Å². The number of benzene rings is 2. The van der Waals surface area contributed by atoms with E-state index in [1.54, 1.807) is 56.6 Å². The number of nitrogens with zero attached hydrogens (tertiary/aromatic N) is 1. The second-order valence-electron chi connectivity index (χ2n) is 7.05. The first-order valence-corrected chi connectivity index (χ1v) is 11.4. The molecule has 0 radical (unpaired) electrons. The van der Waals surface area contributed by atoms with E-state index in [1.807, 2.05) is 35.7 Å². The number of ether oxygens (including phenoxy) is 3. The van der Waals surface area contributed by atoms with Crippen molar-refractivity contribution in [3.8, 4) is 28.5 Å². The van der Waals surface area contributed by atoms with E-state index in [2.05, 4.69) is 10.3 Å². The molecule has 0 saturated carbocycles. The third-order valence-corrected chi connectivity index (χ3v) is 5.75. The zero-order valence-electron chi connectivity index (χ0n) is 18.6. The lowest BCUT2D eigenvalue weighted by atomic mass is 10.0. The van der Waals surface area contributed by atoms with Crippen LogP contribution < -0.4 is 14.8 Å². The maximum atomic E-state index is 13.0. The molecule has 0 spiro atoms. The standard InChI is InChI=1S/C26H22N2O5S/c1-3-32-26(30)23-21(17-10-12-19(31-2)13-11-17)16-34-25(23)28-24(29)18-7-6-8-20(15-18)33-22-9-4-5-14-27-22/h4-16H,3H2,1-2H3,(H,28,29). The van der Waals surface area contributed by atoms with E-state index in [0.29, 0.717) is 39.1 Å². The number of thiophene rings is 1. The molecule has 8 heteroatoms. The van der Waals surface area contributed by atoms with Crippen LogP contribution in [-0.4, -0.2) is 30.6 Å². The number of methoxy groups -OCH3 is 1. The van der Waals surface area contributed by atoms with Gasteiger partial charge in [0.2, 0.25) is 5.88 Å². The van der Waals surface area contributed by atoms with Crippen molar-refractivity contribution in [2.75, 3.05) is 19.0 Å². The molecule has 0 bridgehead atoms. The third-order valence-electron chi connectivity index (χ3n) is 4.86. The number of hydrogen-bond acceptors (Lipinski definition) is 7. The zero-order valence-corrected chi connectivity index (χ0v) is 19.4. The van der Waals surface area contributed by atoms with Crippen LogP contribution in [0.5, 0.6) is 17.4 Å². The summed E-state index contributed by atoms with van der Waals surface area (Å²) < 4.78 is 16.2. The predicted octanol–water partition coefficient (Wildman–Crippen LogP) is 6.04. The molecule has 1 N–H and O–H groups in total. The monoisotopic (exact) mass is 474 g/mol. The maximum absolute atomic E-state index is 13.0. The first kappa shape index (κ1) is 23.0. The van der Waals surface area contributed by atoms with Gasteiger partial charge in [0, 0.05) is 28.8 Å². The Morgan fingerprint density at radius 3 is 2.53 bits per heavy atom. The number of hydrogen-bond donors (Lipinski definition) is 1. The van der Waals surface area contributed by atoms with Crippen molar-refractivity contribution in [3.05, 3.63) is 89.4 Å². The first-order chi connectivity index (χ1) is 16.6. The summed E-state index contributed by atoms with van der Waals surface area (Å²) in [6.07, 6.45) is 1.62. The molecule has 172 valence electrons. The molecule has 1 amide bonds. The van der Waals surface area contributed by atoms with Crippen LogP contribution in [0.15, 0.2) is 78.3 Å². The van der Waals surface area contributed by atoms with Gasteiger partial charge in [-0.1, -0.05) is 24.3 Å². The topological polar surface area (TPSA) is 86.8 Å². The summed E-state index contributed by atoms with van der Waals surface area (Å²) in [6.45, 7) is 1.96. The van der Waals surface area contributed by atoms with Crippen molar-refractivity contribution >= 4 is 28.2 Å². The fraction of sp³-hybridized carbons (Fsp3) is 0.115. The average Bonchev–Trinajstić information content (AvgIpc) is 3.28. The zero-order chi connectivity index (χ0) is 23.9. The third kappa shape index (κ3) is 5.24. The largest absolute Gasteiger partial charge is 0.497 e. The van der Waals surface area contributed by atoms with Crippen LogP contribution in [0.3, 0.4) is 0 Å². The lowest BCUT2D eigenvalue weighted by Crippen LogP contribution is -2.14. The van der Waals surface area contributed by atoms with E-state index < -0.39 is 5.97 Å². The Bertz CT molecular complexity index is 1290. The predicted molar refractivity (Wildman–Crippen MR) is 131 cm³/mol. The van der Waals surface area contributed by atoms with Crippen molar-refractivity contribution in [1.82, 2.24) is 4.98 Å². The summed E-state index contributed by atoms with van der Waals surface area (Å²) in [5, 5.41) is 5.08. The summed E-state index contributed by atoms with van der Waals surface area (Å²) in [5.74, 6) is 0.726. The number of aromatic nitrogens is 1. The normalized spacial score (nSPS) is 10.4. The Morgan fingerprint density at radius 1 is 1.00 bits per heavy atom. The van der Waals surface area contributed by atoms with E-state index in [-0.39, 0.29) is 12.5 Å². The Balaban J connectivity index is 1.60. The van der Waals surface area contributed by atoms with Gasteiger partial charge in [0.15, 0.2) is 0 Å². The molecular weight excluding hydrogens is 452 g/mol. The van der Waals surface area contributed by atoms with E-state index in [9.17, 15) is 9.59 Å². The minimum absolute atomic E-state index is 0.219. The molecule has 2 aromatic carbocycles. The quantitative estimate of drug-likeness (QED) is 0.313. The number of carbonyl (C=O) groups is 2. The van der Waals surface area contributed by atoms with Crippen LogP contribution in [0.25, 0.3) is 11.1 Å². The molecule has 0 aliphatic rings. The smallest absolute Gasteiger partial charge is 0.341 e. The van der Waals surface area contributed by atoms with E-state index in [4.69, 9.17) is 14.2 Å². The highest BCUT2D eigenvalue weighted by Crippen LogP contribution is 2.37. The fourth-order valence-corrected chi connectivity index (χ4v) is 4.20. The number of anilines is 1. The summed E-state index contributed by atoms with van der Waals surface area (Å²) in [7, 11) is 1.59. The van der Waals surface area contributed by atoms with Crippen LogP contribution in [0, 0.1) is 0 Å². The molecule has 2 aromatic heterocycles. The SMILES string of the molecule is CCOC(=O)c1c(-c2ccc(OC)cc2)csc1NC(=O)c1cccc(Oc2ccccn2)c1. The minimum atomic E-state index is -0.503. The molecule has 4 rings (SSSR count). The number of pyridine rings is 1. The number of rotatable bonds is 8. The molecule has 7 nitrogen and oxygen atoms in total. The summed E-state index contributed by atoms with van der Waals surface area (Å²) in [5.41, 5.74) is 2.17. The summed E-state index contributed by atoms with van der Waals surface area (Å²) in [6, 6.07) is 19.4. The Labute approximate surface area is 201 Å². The van der Waals surface area contributed by atoms with Crippen molar-refractivity contribution in [2.45, 2.75) is 6.92 Å². The van der Waals surface area contributed by atoms with Crippen molar-refractivity contribution in [1.29, 1.82) is 0 Å². The van der Waals surface area contributed by atoms with E-state index >= 15 is 0 Å². The van der Waals surface area contributed by atoms with Gasteiger partial charge < -0.3 is 19.5 Å². The molecule has 4 aromatic rings. The second kappa shape index (κ2) is 10.6. The van der Waals surface area contributed by atoms with Gasteiger partial charge in [-0.15, -0.1) is 11.3 Å². The highest BCUT2D eigenvalue weighted by molar-refractivity contribution is 7.15. The fourth-order valence-electron chi connectivity index (χ4n) is 3.24. The van der Waals surface area contributed by atoms with Crippen molar-refractivity contribution in [2.24, 2.45) is 0 Å². The number of esters is 1. The minimum Gasteiger partial charge on any atom is -0.497 e. The van der Waals surface area contributed by atoms with Crippen LogP contribution >= 0.6 is 11.3 Å². The summed E-state index contributed by atoms with van der Waals surface area (Å²) >= 11 is 1.26. The summed E-state index contributed by atoms with van der Waals surface area (Å²) in [4.78, 5) is 30.0. The number of carbonyl (C=O) groups excluding carboxylic acids is 2. The number of nitrogens with one attached hydrogen (secondary N) is 1. The van der Waals surface area contributed by atoms with Gasteiger partial charge in [0.05, 0.1) is 13.7 Å². The van der Waals surface area contributed by atoms with Gasteiger partial charge in [-0.2, -0.15) is 0 Å². The molecule has 0 saturated heterocycles. The average molecular weight is 475 g/mol. The van der Waals surface area contributed by atoms with Gasteiger partial charge in [0.1, 0.15) is 22.1 Å². The van der Waals surface area contributed by atoms with E-state index in [1.165, 1.54) is 11.3 Å². The molecule has 34 heavy (non-hydrogen) atoms. The van der Waals surface area contributed by atoms with Crippen molar-refractivity contribution in [3.63, 3.8) is 0 Å². The Morgan fingerprint density at radius 2 is 1.82 bits per heavy atom. The van der Waals surface area contributed by atoms with Crippen molar-refractivity contribution < 1.29 is 23.8 Å². The highest BCUT2D eigenvalue weighted by Gasteiger charge is 2.23. The molecule has 2 heterocycles. The van der Waals surface area contributed by atoms with Crippen LogP contribution in [0.1, 0.15) is 27.6 Å². The molecule has 0 unspecified atom stereocenters. The molecule has 0 aliphatic carbocycles. The molecular formula is C26H22N2O5S.